The summed E-state index contributed by atoms with van der Waals surface area (Å²) in [6.45, 7) is 8.92. The molecule has 0 bridgehead atoms. The third-order valence-electron chi connectivity index (χ3n) is 7.67. The van der Waals surface area contributed by atoms with Crippen molar-refractivity contribution in [3.05, 3.63) is 0 Å². The molecule has 0 N–H and O–H groups in total. The van der Waals surface area contributed by atoms with Gasteiger partial charge in [0.2, 0.25) is 12.7 Å². The first kappa shape index (κ1) is 29.8. The number of β-lactam (4-membered cyclic amide) rings is 2. The first-order valence-corrected chi connectivity index (χ1v) is 15.4. The fraction of sp³-hybridized carbons (Fsp3) is 0.792. The molecule has 5 fully saturated rings. The zero-order chi connectivity index (χ0) is 26.7. The van der Waals surface area contributed by atoms with E-state index in [4.69, 9.17) is 9.47 Å². The van der Waals surface area contributed by atoms with Crippen LogP contribution >= 0.6 is 51.9 Å². The molecule has 0 aliphatic carbocycles. The van der Waals surface area contributed by atoms with Crippen LogP contribution in [0.3, 0.4) is 0 Å². The minimum Gasteiger partial charge on any atom is -0.426 e. The number of rotatable bonds is 6. The van der Waals surface area contributed by atoms with Crippen molar-refractivity contribution in [2.24, 2.45) is 4.99 Å². The first-order chi connectivity index (χ1) is 17.4. The number of alkyl halides is 1. The quantitative estimate of drug-likeness (QED) is 0.107. The summed E-state index contributed by atoms with van der Waals surface area (Å²) in [6.07, 6.45) is 6.50. The largest absolute Gasteiger partial charge is 0.426 e. The molecule has 0 radical (unpaired) electrons. The van der Waals surface area contributed by atoms with Gasteiger partial charge in [0, 0.05) is 22.6 Å². The van der Waals surface area contributed by atoms with Gasteiger partial charge in [-0.1, -0.05) is 28.8 Å². The molecule has 5 rings (SSSR count). The standard InChI is InChI=1S/C24H33BrN4O6S2.ClH/c1-23(2)15(28-17(30)13(25)19(28)36-23)21(32)34-12-35-22(33)16-24(3,4)37-20-14(18(31)29(16)20)26-11-27-9-7-5-6-8-10-27;/h11,13-16,19-20H,5-10,12H2,1-4H3;1H/t13-,14?,15+,16+,19-,20-;/m1./s1. The van der Waals surface area contributed by atoms with E-state index in [0.717, 1.165) is 25.9 Å². The number of fused-ring (bicyclic) bond motifs is 2. The van der Waals surface area contributed by atoms with Crippen LogP contribution in [-0.2, 0) is 28.7 Å². The number of likely N-dealkylation sites (tertiary alicyclic amines) is 1. The fourth-order valence-corrected chi connectivity index (χ4v) is 9.71. The third-order valence-corrected chi connectivity index (χ3v) is 12.0. The number of nitrogens with zero attached hydrogens (tertiary/aromatic N) is 4. The second-order valence-corrected chi connectivity index (χ2v) is 15.7. The molecule has 5 saturated heterocycles. The van der Waals surface area contributed by atoms with Crippen LogP contribution in [0.25, 0.3) is 0 Å². The van der Waals surface area contributed by atoms with Gasteiger partial charge in [0.1, 0.15) is 27.7 Å². The van der Waals surface area contributed by atoms with E-state index in [0.29, 0.717) is 0 Å². The van der Waals surface area contributed by atoms with Crippen molar-refractivity contribution < 1.29 is 28.7 Å². The highest BCUT2D eigenvalue weighted by Crippen LogP contribution is 2.53. The lowest BCUT2D eigenvalue weighted by molar-refractivity contribution is -0.180. The van der Waals surface area contributed by atoms with Crippen LogP contribution in [0.4, 0.5) is 0 Å². The lowest BCUT2D eigenvalue weighted by Gasteiger charge is -2.42. The maximum atomic E-state index is 13.1. The van der Waals surface area contributed by atoms with E-state index in [2.05, 4.69) is 25.8 Å². The Labute approximate surface area is 245 Å². The van der Waals surface area contributed by atoms with Gasteiger partial charge < -0.3 is 24.2 Å². The van der Waals surface area contributed by atoms with Crippen molar-refractivity contribution in [2.45, 2.75) is 96.6 Å². The van der Waals surface area contributed by atoms with Gasteiger partial charge in [-0.05, 0) is 40.5 Å². The Balaban J connectivity index is 0.00000336. The molecule has 0 aromatic heterocycles. The smallest absolute Gasteiger partial charge is 0.333 e. The Morgan fingerprint density at radius 3 is 1.97 bits per heavy atom. The summed E-state index contributed by atoms with van der Waals surface area (Å²) in [6, 6.07) is -2.07. The van der Waals surface area contributed by atoms with Crippen LogP contribution in [0.1, 0.15) is 53.4 Å². The Bertz CT molecular complexity index is 1020. The molecule has 0 aromatic carbocycles. The molecule has 5 aliphatic heterocycles. The van der Waals surface area contributed by atoms with Crippen LogP contribution in [0, 0.1) is 0 Å². The van der Waals surface area contributed by atoms with Crippen LogP contribution in [0.2, 0.25) is 0 Å². The van der Waals surface area contributed by atoms with Gasteiger partial charge in [-0.25, -0.2) is 9.59 Å². The Morgan fingerprint density at radius 1 is 0.921 bits per heavy atom. The van der Waals surface area contributed by atoms with Crippen molar-refractivity contribution in [1.82, 2.24) is 14.7 Å². The number of thioether (sulfide) groups is 2. The molecular weight excluding hydrogens is 620 g/mol. The monoisotopic (exact) mass is 652 g/mol. The average Bonchev–Trinajstić information content (AvgIpc) is 3.07. The molecule has 1 unspecified atom stereocenters. The van der Waals surface area contributed by atoms with Gasteiger partial charge in [-0.15, -0.1) is 35.9 Å². The molecule has 2 amide bonds. The topological polar surface area (TPSA) is 109 Å². The molecule has 0 spiro atoms. The van der Waals surface area contributed by atoms with E-state index >= 15 is 0 Å². The van der Waals surface area contributed by atoms with Gasteiger partial charge in [0.25, 0.3) is 5.91 Å². The van der Waals surface area contributed by atoms with Gasteiger partial charge >= 0.3 is 11.9 Å². The minimum absolute atomic E-state index is 0. The first-order valence-electron chi connectivity index (χ1n) is 12.7. The highest BCUT2D eigenvalue weighted by atomic mass is 79.9. The summed E-state index contributed by atoms with van der Waals surface area (Å²) >= 11 is 6.43. The Kier molecular flexibility index (Phi) is 8.63. The number of carbonyl (C=O) groups is 4. The minimum atomic E-state index is -0.799. The number of hydrogen-bond donors (Lipinski definition) is 0. The molecular formula is C24H34BrClN4O6S2. The summed E-state index contributed by atoms with van der Waals surface area (Å²) in [7, 11) is 0. The van der Waals surface area contributed by atoms with Gasteiger partial charge in [-0.2, -0.15) is 0 Å². The van der Waals surface area contributed by atoms with E-state index in [9.17, 15) is 19.2 Å². The molecule has 6 atom stereocenters. The molecule has 212 valence electrons. The fourth-order valence-electron chi connectivity index (χ4n) is 5.74. The second kappa shape index (κ2) is 11.0. The van der Waals surface area contributed by atoms with Crippen LogP contribution in [-0.4, -0.2) is 108 Å². The number of carbonyl (C=O) groups excluding carboxylic acids is 4. The van der Waals surface area contributed by atoms with Crippen LogP contribution < -0.4 is 0 Å². The number of hydrogen-bond acceptors (Lipinski definition) is 9. The number of esters is 2. The maximum absolute atomic E-state index is 13.1. The summed E-state index contributed by atoms with van der Waals surface area (Å²) < 4.78 is 9.52. The molecule has 38 heavy (non-hydrogen) atoms. The summed E-state index contributed by atoms with van der Waals surface area (Å²) in [5, 5.41) is -0.350. The number of amides is 2. The average molecular weight is 654 g/mol. The number of ether oxygens (including phenoxy) is 2. The van der Waals surface area contributed by atoms with Crippen molar-refractivity contribution in [3.63, 3.8) is 0 Å². The van der Waals surface area contributed by atoms with E-state index in [-0.39, 0.29) is 39.8 Å². The van der Waals surface area contributed by atoms with Crippen LogP contribution in [0.5, 0.6) is 0 Å². The second-order valence-electron chi connectivity index (χ2n) is 11.1. The van der Waals surface area contributed by atoms with E-state index in [1.165, 1.54) is 41.3 Å². The summed E-state index contributed by atoms with van der Waals surface area (Å²) in [5.74, 6) is -1.57. The van der Waals surface area contributed by atoms with Gasteiger partial charge in [0.15, 0.2) is 6.04 Å². The zero-order valence-corrected chi connectivity index (χ0v) is 25.9. The highest BCUT2D eigenvalue weighted by molar-refractivity contribution is 9.10. The van der Waals surface area contributed by atoms with Crippen LogP contribution in [0.15, 0.2) is 4.99 Å². The van der Waals surface area contributed by atoms with E-state index in [1.54, 1.807) is 11.2 Å². The normalized spacial score (nSPS) is 35.0. The zero-order valence-electron chi connectivity index (χ0n) is 21.8. The summed E-state index contributed by atoms with van der Waals surface area (Å²) in [4.78, 5) is 60.7. The van der Waals surface area contributed by atoms with Crippen molar-refractivity contribution in [2.75, 3.05) is 19.9 Å². The molecule has 0 aromatic rings. The predicted octanol–water partition coefficient (Wildman–Crippen LogP) is 2.61. The predicted molar refractivity (Wildman–Crippen MR) is 152 cm³/mol. The van der Waals surface area contributed by atoms with Crippen molar-refractivity contribution in [1.29, 1.82) is 0 Å². The summed E-state index contributed by atoms with van der Waals surface area (Å²) in [5.41, 5.74) is 0. The highest BCUT2D eigenvalue weighted by Gasteiger charge is 2.65. The lowest BCUT2D eigenvalue weighted by Crippen LogP contribution is -2.65. The molecule has 0 saturated carbocycles. The van der Waals surface area contributed by atoms with E-state index in [1.807, 2.05) is 27.7 Å². The maximum Gasteiger partial charge on any atom is 0.333 e. The number of halogens is 2. The third kappa shape index (κ3) is 5.05. The van der Waals surface area contributed by atoms with Gasteiger partial charge in [-0.3, -0.25) is 14.6 Å². The Hall–Kier alpha value is -1.18. The van der Waals surface area contributed by atoms with E-state index < -0.39 is 46.4 Å². The van der Waals surface area contributed by atoms with Crippen molar-refractivity contribution in [3.8, 4) is 0 Å². The molecule has 14 heteroatoms. The molecule has 10 nitrogen and oxygen atoms in total. The van der Waals surface area contributed by atoms with Crippen molar-refractivity contribution >= 4 is 82.0 Å². The Morgan fingerprint density at radius 2 is 1.42 bits per heavy atom. The molecule has 5 aliphatic rings. The number of aliphatic imine (C=N–C) groups is 1. The molecule has 5 heterocycles. The SMILES string of the molecule is CC1(C)S[C@@H]2C(N=CN3CCCCCC3)C(=O)N2[C@H]1C(=O)OCOC(=O)[C@@H]1N2C(=O)[C@@H](Br)[C@H]2SC1(C)C.Cl. The van der Waals surface area contributed by atoms with Gasteiger partial charge in [0.05, 0.1) is 6.34 Å². The lowest BCUT2D eigenvalue weighted by atomic mass is 9.96.